The van der Waals surface area contributed by atoms with Crippen LogP contribution in [0.4, 0.5) is 0 Å². The normalized spacial score (nSPS) is 24.5. The molecule has 0 saturated heterocycles. The van der Waals surface area contributed by atoms with Gasteiger partial charge in [0.2, 0.25) is 0 Å². The van der Waals surface area contributed by atoms with Crippen molar-refractivity contribution < 1.29 is 0 Å². The molecule has 3 N–H and O–H groups in total. The number of hydrogen-bond donors (Lipinski definition) is 2. The van der Waals surface area contributed by atoms with Gasteiger partial charge in [-0.25, -0.2) is 0 Å². The lowest BCUT2D eigenvalue weighted by atomic mass is 9.81. The van der Waals surface area contributed by atoms with Gasteiger partial charge in [0.1, 0.15) is 0 Å². The Morgan fingerprint density at radius 2 is 1.81 bits per heavy atom. The predicted molar refractivity (Wildman–Crippen MR) is 118 cm³/mol. The fourth-order valence-corrected chi connectivity index (χ4v) is 5.62. The van der Waals surface area contributed by atoms with Crippen molar-refractivity contribution in [3.8, 4) is 0 Å². The van der Waals surface area contributed by atoms with Gasteiger partial charge < -0.3 is 15.6 Å². The monoisotopic (exact) mass is 431 g/mol. The lowest BCUT2D eigenvalue weighted by Gasteiger charge is -2.29. The molecule has 0 amide bonds. The molecule has 3 nitrogen and oxygen atoms in total. The van der Waals surface area contributed by atoms with Crippen LogP contribution in [0.25, 0.3) is 10.9 Å². The average Bonchev–Trinajstić information content (AvgIpc) is 3.08. The number of rotatable bonds is 6. The molecule has 2 aliphatic carbocycles. The maximum atomic E-state index is 5.62. The van der Waals surface area contributed by atoms with Crippen LogP contribution in [0.1, 0.15) is 81.7 Å². The largest absolute Gasteiger partial charge is 0.344 e. The molecule has 2 aliphatic rings. The van der Waals surface area contributed by atoms with Gasteiger partial charge in [-0.2, -0.15) is 0 Å². The molecule has 1 heterocycles. The first-order chi connectivity index (χ1) is 13.3. The summed E-state index contributed by atoms with van der Waals surface area (Å²) in [6.45, 7) is 1.86. The van der Waals surface area contributed by atoms with Crippen LogP contribution < -0.4 is 11.1 Å². The van der Waals surface area contributed by atoms with Crippen molar-refractivity contribution in [3.63, 3.8) is 0 Å². The molecule has 2 aromatic rings. The van der Waals surface area contributed by atoms with Crippen LogP contribution in [0, 0.1) is 0 Å². The number of benzene rings is 1. The second kappa shape index (κ2) is 9.11. The van der Waals surface area contributed by atoms with Crippen LogP contribution in [0.3, 0.4) is 0 Å². The number of hydrogen-bond acceptors (Lipinski definition) is 2. The molecule has 0 atom stereocenters. The molecule has 1 aromatic carbocycles. The molecule has 2 fully saturated rings. The number of fused-ring (bicyclic) bond motifs is 1. The van der Waals surface area contributed by atoms with E-state index in [9.17, 15) is 0 Å². The predicted octanol–water partition coefficient (Wildman–Crippen LogP) is 5.87. The molecule has 4 rings (SSSR count). The van der Waals surface area contributed by atoms with Gasteiger partial charge in [0.15, 0.2) is 0 Å². The van der Waals surface area contributed by atoms with Crippen LogP contribution in [0.5, 0.6) is 0 Å². The lowest BCUT2D eigenvalue weighted by Crippen LogP contribution is -2.34. The van der Waals surface area contributed by atoms with Crippen molar-refractivity contribution in [2.75, 3.05) is 13.1 Å². The van der Waals surface area contributed by atoms with Gasteiger partial charge >= 0.3 is 0 Å². The van der Waals surface area contributed by atoms with Crippen LogP contribution in [-0.4, -0.2) is 23.7 Å². The molecule has 0 radical (unpaired) electrons. The quantitative estimate of drug-likeness (QED) is 0.561. The smallest absolute Gasteiger partial charge is 0.0486 e. The SMILES string of the molecule is NCCCNC1CCC(c2cn(C3CCCCC3)c3ccc(Br)cc23)CC1. The molecule has 0 spiro atoms. The van der Waals surface area contributed by atoms with E-state index in [2.05, 4.69) is 50.2 Å². The second-order valence-electron chi connectivity index (χ2n) is 8.59. The number of halogens is 1. The first-order valence-corrected chi connectivity index (χ1v) is 11.8. The van der Waals surface area contributed by atoms with Gasteiger partial charge in [-0.05, 0) is 87.7 Å². The van der Waals surface area contributed by atoms with Crippen molar-refractivity contribution >= 4 is 26.8 Å². The number of aromatic nitrogens is 1. The molecule has 2 saturated carbocycles. The molecule has 0 bridgehead atoms. The Bertz CT molecular complexity index is 739. The summed E-state index contributed by atoms with van der Waals surface area (Å²) < 4.78 is 3.83. The Labute approximate surface area is 172 Å². The van der Waals surface area contributed by atoms with Crippen molar-refractivity contribution in [1.82, 2.24) is 9.88 Å². The van der Waals surface area contributed by atoms with Gasteiger partial charge in [-0.1, -0.05) is 35.2 Å². The third-order valence-corrected chi connectivity index (χ3v) is 7.27. The van der Waals surface area contributed by atoms with E-state index < -0.39 is 0 Å². The molecule has 1 aromatic heterocycles. The minimum atomic E-state index is 0.686. The zero-order valence-electron chi connectivity index (χ0n) is 16.4. The Morgan fingerprint density at radius 1 is 1.04 bits per heavy atom. The highest BCUT2D eigenvalue weighted by atomic mass is 79.9. The van der Waals surface area contributed by atoms with Gasteiger partial charge in [0.05, 0.1) is 0 Å². The maximum absolute atomic E-state index is 5.62. The van der Waals surface area contributed by atoms with Crippen LogP contribution in [0.15, 0.2) is 28.9 Å². The van der Waals surface area contributed by atoms with Crippen molar-refractivity contribution in [2.24, 2.45) is 5.73 Å². The van der Waals surface area contributed by atoms with E-state index in [1.807, 2.05) is 0 Å². The first kappa shape index (κ1) is 19.5. The second-order valence-corrected chi connectivity index (χ2v) is 9.51. The van der Waals surface area contributed by atoms with Crippen LogP contribution >= 0.6 is 15.9 Å². The molecule has 0 unspecified atom stereocenters. The number of nitrogens with two attached hydrogens (primary N) is 1. The fraction of sp³-hybridized carbons (Fsp3) is 0.652. The summed E-state index contributed by atoms with van der Waals surface area (Å²) in [7, 11) is 0. The Morgan fingerprint density at radius 3 is 2.56 bits per heavy atom. The molecule has 148 valence electrons. The topological polar surface area (TPSA) is 43.0 Å². The minimum Gasteiger partial charge on any atom is -0.344 e. The van der Waals surface area contributed by atoms with Crippen LogP contribution in [0.2, 0.25) is 0 Å². The zero-order chi connectivity index (χ0) is 18.6. The summed E-state index contributed by atoms with van der Waals surface area (Å²) in [5.74, 6) is 0.708. The third kappa shape index (κ3) is 4.44. The van der Waals surface area contributed by atoms with E-state index in [1.165, 1.54) is 73.2 Å². The standard InChI is InChI=1S/C23H34BrN3/c24-18-9-12-23-21(15-18)22(16-27(23)20-5-2-1-3-6-20)17-7-10-19(11-8-17)26-14-4-13-25/h9,12,15-17,19-20,26H,1-8,10-11,13-14,25H2. The average molecular weight is 432 g/mol. The summed E-state index contributed by atoms with van der Waals surface area (Å²) >= 11 is 3.71. The minimum absolute atomic E-state index is 0.686. The van der Waals surface area contributed by atoms with E-state index >= 15 is 0 Å². The van der Waals surface area contributed by atoms with Crippen molar-refractivity contribution in [1.29, 1.82) is 0 Å². The fourth-order valence-electron chi connectivity index (χ4n) is 5.26. The molecule has 4 heteroatoms. The summed E-state index contributed by atoms with van der Waals surface area (Å²) in [4.78, 5) is 0. The highest BCUT2D eigenvalue weighted by Crippen LogP contribution is 2.41. The van der Waals surface area contributed by atoms with Gasteiger partial charge in [-0.15, -0.1) is 0 Å². The number of nitrogens with one attached hydrogen (secondary N) is 1. The van der Waals surface area contributed by atoms with Gasteiger partial charge in [0.25, 0.3) is 0 Å². The van der Waals surface area contributed by atoms with Crippen molar-refractivity contribution in [3.05, 3.63) is 34.4 Å². The zero-order valence-corrected chi connectivity index (χ0v) is 18.0. The van der Waals surface area contributed by atoms with Gasteiger partial charge in [0, 0.05) is 33.7 Å². The van der Waals surface area contributed by atoms with Crippen molar-refractivity contribution in [2.45, 2.75) is 82.2 Å². The van der Waals surface area contributed by atoms with E-state index in [1.54, 1.807) is 5.56 Å². The number of nitrogens with zero attached hydrogens (tertiary/aromatic N) is 1. The molecular formula is C23H34BrN3. The maximum Gasteiger partial charge on any atom is 0.0486 e. The third-order valence-electron chi connectivity index (χ3n) is 6.77. The highest BCUT2D eigenvalue weighted by Gasteiger charge is 2.26. The van der Waals surface area contributed by atoms with E-state index in [-0.39, 0.29) is 0 Å². The summed E-state index contributed by atoms with van der Waals surface area (Å²) in [6, 6.07) is 8.29. The Kier molecular flexibility index (Phi) is 6.57. The molecule has 27 heavy (non-hydrogen) atoms. The van der Waals surface area contributed by atoms with E-state index in [0.717, 1.165) is 19.5 Å². The summed E-state index contributed by atoms with van der Waals surface area (Å²) in [6.07, 6.45) is 15.7. The molecular weight excluding hydrogens is 398 g/mol. The van der Waals surface area contributed by atoms with Crippen LogP contribution in [-0.2, 0) is 0 Å². The lowest BCUT2D eigenvalue weighted by molar-refractivity contribution is 0.340. The highest BCUT2D eigenvalue weighted by molar-refractivity contribution is 9.10. The van der Waals surface area contributed by atoms with Gasteiger partial charge in [-0.3, -0.25) is 0 Å². The van der Waals surface area contributed by atoms with E-state index in [0.29, 0.717) is 18.0 Å². The van der Waals surface area contributed by atoms with E-state index in [4.69, 9.17) is 5.73 Å². The Balaban J connectivity index is 1.54. The molecule has 0 aliphatic heterocycles. The summed E-state index contributed by atoms with van der Waals surface area (Å²) in [5, 5.41) is 5.19. The summed E-state index contributed by atoms with van der Waals surface area (Å²) in [5.41, 5.74) is 8.67. The first-order valence-electron chi connectivity index (χ1n) is 11.0. The Hall–Kier alpha value is -0.840.